The summed E-state index contributed by atoms with van der Waals surface area (Å²) < 4.78 is 4.66. The van der Waals surface area contributed by atoms with Crippen LogP contribution in [0.25, 0.3) is 0 Å². The van der Waals surface area contributed by atoms with E-state index in [2.05, 4.69) is 45.7 Å². The smallest absolute Gasteiger partial charge is 0.323 e. The molecule has 0 radical (unpaired) electrons. The molecule has 110 valence electrons. The molecule has 20 heavy (non-hydrogen) atoms. The van der Waals surface area contributed by atoms with E-state index in [4.69, 9.17) is 5.73 Å². The molecular formula is C15H23N3O2. The van der Waals surface area contributed by atoms with Gasteiger partial charge in [-0.3, -0.25) is 9.69 Å². The Labute approximate surface area is 120 Å². The number of rotatable bonds is 4. The van der Waals surface area contributed by atoms with Gasteiger partial charge in [0.2, 0.25) is 0 Å². The number of nitrogens with zero attached hydrogens (tertiary/aromatic N) is 2. The molecule has 5 heteroatoms. The Bertz CT molecular complexity index is 456. The number of esters is 1. The molecule has 0 saturated carbocycles. The summed E-state index contributed by atoms with van der Waals surface area (Å²) in [4.78, 5) is 15.9. The largest absolute Gasteiger partial charge is 0.468 e. The number of carbonyl (C=O) groups is 1. The molecule has 0 spiro atoms. The average Bonchev–Trinajstić information content (AvgIpc) is 2.47. The highest BCUT2D eigenvalue weighted by Crippen LogP contribution is 2.17. The SMILES string of the molecule is COC(=O)C(N)CN1CCN(c2cccc(C)c2)CC1. The highest BCUT2D eigenvalue weighted by atomic mass is 16.5. The molecule has 0 aliphatic carbocycles. The lowest BCUT2D eigenvalue weighted by Gasteiger charge is -2.36. The van der Waals surface area contributed by atoms with Crippen molar-refractivity contribution in [1.82, 2.24) is 4.90 Å². The molecule has 1 heterocycles. The Kier molecular flexibility index (Phi) is 4.98. The van der Waals surface area contributed by atoms with Gasteiger partial charge in [0, 0.05) is 38.4 Å². The van der Waals surface area contributed by atoms with Crippen LogP contribution in [0, 0.1) is 6.92 Å². The Morgan fingerprint density at radius 2 is 2.05 bits per heavy atom. The van der Waals surface area contributed by atoms with E-state index in [0.29, 0.717) is 6.54 Å². The van der Waals surface area contributed by atoms with Gasteiger partial charge in [0.05, 0.1) is 7.11 Å². The molecule has 1 aromatic carbocycles. The fraction of sp³-hybridized carbons (Fsp3) is 0.533. The maximum Gasteiger partial charge on any atom is 0.323 e. The van der Waals surface area contributed by atoms with Gasteiger partial charge in [-0.25, -0.2) is 0 Å². The minimum absolute atomic E-state index is 0.342. The molecule has 1 unspecified atom stereocenters. The van der Waals surface area contributed by atoms with Gasteiger partial charge < -0.3 is 15.4 Å². The first-order valence-corrected chi connectivity index (χ1v) is 6.97. The van der Waals surface area contributed by atoms with Gasteiger partial charge in [-0.1, -0.05) is 12.1 Å². The Morgan fingerprint density at radius 3 is 2.65 bits per heavy atom. The monoisotopic (exact) mass is 277 g/mol. The second-order valence-electron chi connectivity index (χ2n) is 5.26. The van der Waals surface area contributed by atoms with Crippen LogP contribution in [0.5, 0.6) is 0 Å². The van der Waals surface area contributed by atoms with Crippen LogP contribution in [0.15, 0.2) is 24.3 Å². The number of aryl methyl sites for hydroxylation is 1. The zero-order valence-corrected chi connectivity index (χ0v) is 12.2. The summed E-state index contributed by atoms with van der Waals surface area (Å²) >= 11 is 0. The Hall–Kier alpha value is -1.59. The van der Waals surface area contributed by atoms with E-state index in [1.165, 1.54) is 18.4 Å². The maximum absolute atomic E-state index is 11.3. The van der Waals surface area contributed by atoms with E-state index in [1.54, 1.807) is 0 Å². The van der Waals surface area contributed by atoms with Crippen molar-refractivity contribution in [2.24, 2.45) is 5.73 Å². The molecule has 1 atom stereocenters. The van der Waals surface area contributed by atoms with Crippen molar-refractivity contribution >= 4 is 11.7 Å². The van der Waals surface area contributed by atoms with E-state index in [-0.39, 0.29) is 5.97 Å². The topological polar surface area (TPSA) is 58.8 Å². The molecule has 1 aliphatic heterocycles. The lowest BCUT2D eigenvalue weighted by atomic mass is 10.2. The van der Waals surface area contributed by atoms with Crippen LogP contribution in [-0.2, 0) is 9.53 Å². The molecule has 0 amide bonds. The number of hydrogen-bond donors (Lipinski definition) is 1. The summed E-state index contributed by atoms with van der Waals surface area (Å²) in [5.41, 5.74) is 8.34. The van der Waals surface area contributed by atoms with Crippen molar-refractivity contribution in [2.45, 2.75) is 13.0 Å². The number of piperazine rings is 1. The van der Waals surface area contributed by atoms with Crippen LogP contribution in [0.2, 0.25) is 0 Å². The van der Waals surface area contributed by atoms with Gasteiger partial charge in [0.15, 0.2) is 0 Å². The maximum atomic E-state index is 11.3. The van der Waals surface area contributed by atoms with Crippen LogP contribution >= 0.6 is 0 Å². The molecule has 1 saturated heterocycles. The zero-order valence-electron chi connectivity index (χ0n) is 12.2. The Balaban J connectivity index is 1.85. The van der Waals surface area contributed by atoms with Crippen LogP contribution in [0.1, 0.15) is 5.56 Å². The van der Waals surface area contributed by atoms with Crippen LogP contribution in [0.3, 0.4) is 0 Å². The minimum atomic E-state index is -0.550. The van der Waals surface area contributed by atoms with Crippen molar-refractivity contribution < 1.29 is 9.53 Å². The third-order valence-corrected chi connectivity index (χ3v) is 3.70. The number of carbonyl (C=O) groups excluding carboxylic acids is 1. The summed E-state index contributed by atoms with van der Waals surface area (Å²) in [6.45, 7) is 6.41. The van der Waals surface area contributed by atoms with Crippen molar-refractivity contribution in [3.63, 3.8) is 0 Å². The van der Waals surface area contributed by atoms with Gasteiger partial charge in [0.1, 0.15) is 6.04 Å². The standard InChI is InChI=1S/C15H23N3O2/c1-12-4-3-5-13(10-12)18-8-6-17(7-9-18)11-14(16)15(19)20-2/h3-5,10,14H,6-9,11,16H2,1-2H3. The number of nitrogens with two attached hydrogens (primary N) is 1. The fourth-order valence-corrected chi connectivity index (χ4v) is 2.52. The van der Waals surface area contributed by atoms with E-state index < -0.39 is 6.04 Å². The first-order valence-electron chi connectivity index (χ1n) is 6.97. The predicted molar refractivity (Wildman–Crippen MR) is 79.8 cm³/mol. The predicted octanol–water partition coefficient (Wildman–Crippen LogP) is 0.617. The van der Waals surface area contributed by atoms with Gasteiger partial charge in [-0.05, 0) is 24.6 Å². The highest BCUT2D eigenvalue weighted by molar-refractivity contribution is 5.75. The minimum Gasteiger partial charge on any atom is -0.468 e. The summed E-state index contributed by atoms with van der Waals surface area (Å²) in [6.07, 6.45) is 0. The third-order valence-electron chi connectivity index (χ3n) is 3.70. The first kappa shape index (κ1) is 14.8. The summed E-state index contributed by atoms with van der Waals surface area (Å²) in [7, 11) is 1.37. The number of ether oxygens (including phenoxy) is 1. The summed E-state index contributed by atoms with van der Waals surface area (Å²) in [5, 5.41) is 0. The Morgan fingerprint density at radius 1 is 1.35 bits per heavy atom. The van der Waals surface area contributed by atoms with Crippen molar-refractivity contribution in [3.8, 4) is 0 Å². The van der Waals surface area contributed by atoms with Crippen LogP contribution < -0.4 is 10.6 Å². The zero-order chi connectivity index (χ0) is 14.5. The fourth-order valence-electron chi connectivity index (χ4n) is 2.52. The van der Waals surface area contributed by atoms with Gasteiger partial charge >= 0.3 is 5.97 Å². The van der Waals surface area contributed by atoms with Crippen molar-refractivity contribution in [1.29, 1.82) is 0 Å². The lowest BCUT2D eigenvalue weighted by molar-refractivity contribution is -0.142. The molecule has 0 aromatic heterocycles. The second-order valence-corrected chi connectivity index (χ2v) is 5.26. The normalized spacial score (nSPS) is 17.9. The molecule has 1 fully saturated rings. The summed E-state index contributed by atoms with van der Waals surface area (Å²) in [5.74, 6) is -0.342. The molecule has 1 aromatic rings. The number of anilines is 1. The number of hydrogen-bond acceptors (Lipinski definition) is 5. The van der Waals surface area contributed by atoms with Gasteiger partial charge in [-0.2, -0.15) is 0 Å². The molecule has 2 N–H and O–H groups in total. The molecule has 0 bridgehead atoms. The van der Waals surface area contributed by atoms with E-state index in [9.17, 15) is 4.79 Å². The van der Waals surface area contributed by atoms with Crippen LogP contribution in [0.4, 0.5) is 5.69 Å². The lowest BCUT2D eigenvalue weighted by Crippen LogP contribution is -2.51. The molecule has 2 rings (SSSR count). The van der Waals surface area contributed by atoms with E-state index in [0.717, 1.165) is 26.2 Å². The number of methoxy groups -OCH3 is 1. The first-order chi connectivity index (χ1) is 9.60. The molecular weight excluding hydrogens is 254 g/mol. The quantitative estimate of drug-likeness (QED) is 0.818. The van der Waals surface area contributed by atoms with Gasteiger partial charge in [0.25, 0.3) is 0 Å². The van der Waals surface area contributed by atoms with Gasteiger partial charge in [-0.15, -0.1) is 0 Å². The van der Waals surface area contributed by atoms with Crippen molar-refractivity contribution in [2.75, 3.05) is 44.7 Å². The third kappa shape index (κ3) is 3.71. The molecule has 1 aliphatic rings. The average molecular weight is 277 g/mol. The highest BCUT2D eigenvalue weighted by Gasteiger charge is 2.22. The van der Waals surface area contributed by atoms with E-state index >= 15 is 0 Å². The second kappa shape index (κ2) is 6.72. The van der Waals surface area contributed by atoms with E-state index in [1.807, 2.05) is 0 Å². The van der Waals surface area contributed by atoms with Crippen LogP contribution in [-0.4, -0.2) is 56.7 Å². The summed E-state index contributed by atoms with van der Waals surface area (Å²) in [6, 6.07) is 7.99. The molecule has 5 nitrogen and oxygen atoms in total. The number of benzene rings is 1. The van der Waals surface area contributed by atoms with Crippen molar-refractivity contribution in [3.05, 3.63) is 29.8 Å².